The molecule has 0 amide bonds. The monoisotopic (exact) mass is 350 g/mol. The Morgan fingerprint density at radius 3 is 0.615 bits per heavy atom. The first-order valence-corrected chi connectivity index (χ1v) is 8.03. The van der Waals surface area contributed by atoms with E-state index in [0.717, 1.165) is 21.5 Å². The summed E-state index contributed by atoms with van der Waals surface area (Å²) in [6.45, 7) is 0. The van der Waals surface area contributed by atoms with Crippen LogP contribution in [0.15, 0.2) is 60.7 Å². The van der Waals surface area contributed by atoms with E-state index >= 15 is 0 Å². The first-order valence-electron chi connectivity index (χ1n) is 8.03. The van der Waals surface area contributed by atoms with Gasteiger partial charge in [-0.15, -0.1) is 0 Å². The molecule has 0 saturated heterocycles. The molecule has 26 heavy (non-hydrogen) atoms. The van der Waals surface area contributed by atoms with Crippen LogP contribution >= 0.6 is 0 Å². The Balaban J connectivity index is 1.86. The zero-order valence-corrected chi connectivity index (χ0v) is 13.3. The van der Waals surface area contributed by atoms with E-state index in [0.29, 0.717) is 21.5 Å². The van der Waals surface area contributed by atoms with Gasteiger partial charge in [0, 0.05) is 0 Å². The minimum atomic E-state index is -0.888. The average Bonchev–Trinajstić information content (AvgIpc) is 2.59. The number of halogens is 4. The van der Waals surface area contributed by atoms with Crippen molar-refractivity contribution >= 4 is 43.1 Å². The normalized spacial score (nSPS) is 11.8. The van der Waals surface area contributed by atoms with Crippen LogP contribution in [0, 0.1) is 23.3 Å². The molecule has 5 aromatic carbocycles. The molecule has 0 bridgehead atoms. The Morgan fingerprint density at radius 2 is 0.423 bits per heavy atom. The lowest BCUT2D eigenvalue weighted by atomic mass is 9.97. The first-order chi connectivity index (χ1) is 12.5. The highest BCUT2D eigenvalue weighted by Gasteiger charge is 2.09. The molecular formula is C22H10F4. The molecule has 0 atom stereocenters. The molecule has 0 aliphatic carbocycles. The average molecular weight is 350 g/mol. The Hall–Kier alpha value is -3.14. The van der Waals surface area contributed by atoms with Crippen LogP contribution < -0.4 is 0 Å². The van der Waals surface area contributed by atoms with E-state index in [1.54, 1.807) is 24.3 Å². The summed E-state index contributed by atoms with van der Waals surface area (Å²) in [5.74, 6) is -3.55. The summed E-state index contributed by atoms with van der Waals surface area (Å²) in [6.07, 6.45) is 0. The Bertz CT molecular complexity index is 1160. The predicted octanol–water partition coefficient (Wildman–Crippen LogP) is 6.86. The summed E-state index contributed by atoms with van der Waals surface area (Å²) in [5.41, 5.74) is 0. The van der Waals surface area contributed by atoms with Gasteiger partial charge in [0.2, 0.25) is 0 Å². The maximum atomic E-state index is 13.5. The van der Waals surface area contributed by atoms with E-state index in [1.165, 1.54) is 24.3 Å². The second-order valence-electron chi connectivity index (χ2n) is 6.48. The molecule has 0 fully saturated rings. The Kier molecular flexibility index (Phi) is 3.02. The summed E-state index contributed by atoms with van der Waals surface area (Å²) < 4.78 is 54.0. The van der Waals surface area contributed by atoms with Crippen molar-refractivity contribution < 1.29 is 17.6 Å². The molecule has 0 radical (unpaired) electrons. The van der Waals surface area contributed by atoms with E-state index in [1.807, 2.05) is 12.1 Å². The van der Waals surface area contributed by atoms with Crippen LogP contribution in [0.5, 0.6) is 0 Å². The molecule has 0 aliphatic heterocycles. The maximum absolute atomic E-state index is 13.5. The molecule has 0 spiro atoms. The fourth-order valence-electron chi connectivity index (χ4n) is 3.49. The second kappa shape index (κ2) is 5.18. The molecule has 0 nitrogen and oxygen atoms in total. The Labute approximate surface area is 145 Å². The van der Waals surface area contributed by atoms with Crippen molar-refractivity contribution in [3.63, 3.8) is 0 Å². The van der Waals surface area contributed by atoms with Crippen LogP contribution in [0.4, 0.5) is 17.6 Å². The van der Waals surface area contributed by atoms with Gasteiger partial charge in [0.25, 0.3) is 0 Å². The first kappa shape index (κ1) is 15.1. The molecule has 5 rings (SSSR count). The fourth-order valence-corrected chi connectivity index (χ4v) is 3.49. The maximum Gasteiger partial charge on any atom is 0.159 e. The van der Waals surface area contributed by atoms with Crippen LogP contribution in [0.3, 0.4) is 0 Å². The van der Waals surface area contributed by atoms with Crippen LogP contribution in [-0.2, 0) is 0 Å². The predicted molar refractivity (Wildman–Crippen MR) is 96.3 cm³/mol. The second-order valence-corrected chi connectivity index (χ2v) is 6.48. The van der Waals surface area contributed by atoms with Gasteiger partial charge < -0.3 is 0 Å². The molecule has 4 heteroatoms. The van der Waals surface area contributed by atoms with Crippen molar-refractivity contribution in [3.8, 4) is 0 Å². The van der Waals surface area contributed by atoms with Crippen molar-refractivity contribution in [2.75, 3.05) is 0 Å². The number of hydrogen-bond donors (Lipinski definition) is 0. The topological polar surface area (TPSA) is 0 Å². The zero-order valence-electron chi connectivity index (χ0n) is 13.3. The minimum Gasteiger partial charge on any atom is -0.204 e. The van der Waals surface area contributed by atoms with E-state index in [9.17, 15) is 17.6 Å². The number of benzene rings is 5. The Morgan fingerprint density at radius 1 is 0.269 bits per heavy atom. The van der Waals surface area contributed by atoms with Gasteiger partial charge >= 0.3 is 0 Å². The standard InChI is InChI=1S/C22H10F4/c23-19-7-15-3-11-1-12-4-16-8-20(24)22(26)10-18(16)6-14(12)2-13(11)5-17(15)9-21(19)25/h1-10H. The smallest absolute Gasteiger partial charge is 0.159 e. The van der Waals surface area contributed by atoms with E-state index in [-0.39, 0.29) is 0 Å². The van der Waals surface area contributed by atoms with Gasteiger partial charge in [-0.25, -0.2) is 17.6 Å². The van der Waals surface area contributed by atoms with Crippen molar-refractivity contribution in [1.82, 2.24) is 0 Å². The van der Waals surface area contributed by atoms with E-state index < -0.39 is 23.3 Å². The number of rotatable bonds is 0. The van der Waals surface area contributed by atoms with Crippen molar-refractivity contribution in [2.45, 2.75) is 0 Å². The van der Waals surface area contributed by atoms with Gasteiger partial charge in [0.05, 0.1) is 0 Å². The van der Waals surface area contributed by atoms with Crippen molar-refractivity contribution in [3.05, 3.63) is 83.9 Å². The van der Waals surface area contributed by atoms with Gasteiger partial charge in [-0.2, -0.15) is 0 Å². The van der Waals surface area contributed by atoms with Crippen molar-refractivity contribution in [1.29, 1.82) is 0 Å². The van der Waals surface area contributed by atoms with Gasteiger partial charge in [-0.3, -0.25) is 0 Å². The third kappa shape index (κ3) is 2.22. The quantitative estimate of drug-likeness (QED) is 0.211. The molecule has 0 saturated carbocycles. The third-order valence-corrected chi connectivity index (χ3v) is 4.78. The molecule has 0 N–H and O–H groups in total. The minimum absolute atomic E-state index is 0.602. The van der Waals surface area contributed by atoms with Crippen LogP contribution in [-0.4, -0.2) is 0 Å². The zero-order chi connectivity index (χ0) is 18.0. The molecular weight excluding hydrogens is 340 g/mol. The van der Waals surface area contributed by atoms with Gasteiger partial charge in [0.15, 0.2) is 23.3 Å². The van der Waals surface area contributed by atoms with Crippen LogP contribution in [0.25, 0.3) is 43.1 Å². The van der Waals surface area contributed by atoms with Gasteiger partial charge in [-0.05, 0) is 104 Å². The van der Waals surface area contributed by atoms with E-state index in [4.69, 9.17) is 0 Å². The summed E-state index contributed by atoms with van der Waals surface area (Å²) in [5, 5.41) is 5.84. The highest BCUT2D eigenvalue weighted by atomic mass is 19.2. The van der Waals surface area contributed by atoms with E-state index in [2.05, 4.69) is 0 Å². The molecule has 0 aliphatic rings. The third-order valence-electron chi connectivity index (χ3n) is 4.78. The lowest BCUT2D eigenvalue weighted by molar-refractivity contribution is 0.511. The lowest BCUT2D eigenvalue weighted by Gasteiger charge is -2.08. The summed E-state index contributed by atoms with van der Waals surface area (Å²) in [4.78, 5) is 0. The number of fused-ring (bicyclic) bond motifs is 4. The van der Waals surface area contributed by atoms with Crippen LogP contribution in [0.2, 0.25) is 0 Å². The molecule has 0 heterocycles. The highest BCUT2D eigenvalue weighted by Crippen LogP contribution is 2.31. The van der Waals surface area contributed by atoms with Crippen LogP contribution in [0.1, 0.15) is 0 Å². The molecule has 5 aromatic rings. The number of hydrogen-bond acceptors (Lipinski definition) is 0. The summed E-state index contributed by atoms with van der Waals surface area (Å²) in [7, 11) is 0. The van der Waals surface area contributed by atoms with Crippen molar-refractivity contribution in [2.24, 2.45) is 0 Å². The SMILES string of the molecule is Fc1cc2cc3cc4cc5cc(F)c(F)cc5cc4cc3cc2cc1F. The lowest BCUT2D eigenvalue weighted by Crippen LogP contribution is -1.86. The molecule has 0 unspecified atom stereocenters. The molecule has 126 valence electrons. The summed E-state index contributed by atoms with van der Waals surface area (Å²) >= 11 is 0. The summed E-state index contributed by atoms with van der Waals surface area (Å²) in [6, 6.07) is 15.7. The fraction of sp³-hybridized carbons (Fsp3) is 0. The van der Waals surface area contributed by atoms with Gasteiger partial charge in [-0.1, -0.05) is 0 Å². The largest absolute Gasteiger partial charge is 0.204 e. The highest BCUT2D eigenvalue weighted by molar-refractivity contribution is 6.08. The van der Waals surface area contributed by atoms with Gasteiger partial charge in [0.1, 0.15) is 0 Å². The molecule has 0 aromatic heterocycles.